The van der Waals surface area contributed by atoms with E-state index in [1.807, 2.05) is 87.5 Å². The van der Waals surface area contributed by atoms with Crippen LogP contribution in [0.15, 0.2) is 91.0 Å². The van der Waals surface area contributed by atoms with Gasteiger partial charge in [0.25, 0.3) is 0 Å². The molecule has 0 radical (unpaired) electrons. The van der Waals surface area contributed by atoms with Gasteiger partial charge in [-0.25, -0.2) is 0 Å². The number of amides is 2. The highest BCUT2D eigenvalue weighted by molar-refractivity contribution is 5.88. The Hall–Kier alpha value is -3.40. The summed E-state index contributed by atoms with van der Waals surface area (Å²) in [5.41, 5.74) is 3.20. The molecule has 33 heavy (non-hydrogen) atoms. The molecule has 1 N–H and O–H groups in total. The van der Waals surface area contributed by atoms with Crippen LogP contribution in [-0.2, 0) is 16.1 Å². The number of rotatable bonds is 10. The Morgan fingerprint density at radius 1 is 0.788 bits per heavy atom. The van der Waals surface area contributed by atoms with E-state index in [0.717, 1.165) is 16.7 Å². The second kappa shape index (κ2) is 12.0. The fourth-order valence-corrected chi connectivity index (χ4v) is 4.17. The topological polar surface area (TPSA) is 49.4 Å². The van der Waals surface area contributed by atoms with Gasteiger partial charge < -0.3 is 10.2 Å². The predicted octanol–water partition coefficient (Wildman–Crippen LogP) is 5.54. The molecule has 3 aromatic rings. The van der Waals surface area contributed by atoms with Crippen LogP contribution in [0.2, 0.25) is 0 Å². The van der Waals surface area contributed by atoms with E-state index in [0.29, 0.717) is 19.4 Å². The van der Waals surface area contributed by atoms with Crippen LogP contribution >= 0.6 is 0 Å². The zero-order chi connectivity index (χ0) is 23.6. The van der Waals surface area contributed by atoms with Gasteiger partial charge in [-0.05, 0) is 37.0 Å². The first-order valence-corrected chi connectivity index (χ1v) is 11.7. The first-order chi connectivity index (χ1) is 16.0. The van der Waals surface area contributed by atoms with Gasteiger partial charge in [0, 0.05) is 24.9 Å². The Kier molecular flexibility index (Phi) is 8.82. The Morgan fingerprint density at radius 2 is 1.27 bits per heavy atom. The summed E-state index contributed by atoms with van der Waals surface area (Å²) in [5, 5.41) is 3.00. The van der Waals surface area contributed by atoms with Crippen LogP contribution in [-0.4, -0.2) is 28.8 Å². The smallest absolute Gasteiger partial charge is 0.243 e. The van der Waals surface area contributed by atoms with E-state index >= 15 is 0 Å². The van der Waals surface area contributed by atoms with Crippen molar-refractivity contribution in [3.8, 4) is 0 Å². The number of carbonyl (C=O) groups is 2. The van der Waals surface area contributed by atoms with Crippen LogP contribution in [0.5, 0.6) is 0 Å². The summed E-state index contributed by atoms with van der Waals surface area (Å²) in [4.78, 5) is 28.6. The van der Waals surface area contributed by atoms with Crippen LogP contribution in [0.25, 0.3) is 0 Å². The fourth-order valence-electron chi connectivity index (χ4n) is 4.17. The summed E-state index contributed by atoms with van der Waals surface area (Å²) in [5.74, 6) is -0.209. The molecular weight excluding hydrogens is 408 g/mol. The monoisotopic (exact) mass is 442 g/mol. The van der Waals surface area contributed by atoms with E-state index in [-0.39, 0.29) is 23.8 Å². The summed E-state index contributed by atoms with van der Waals surface area (Å²) < 4.78 is 0. The molecule has 0 heterocycles. The largest absolute Gasteiger partial charge is 0.352 e. The summed E-state index contributed by atoms with van der Waals surface area (Å²) in [6.45, 7) is 6.24. The van der Waals surface area contributed by atoms with Crippen molar-refractivity contribution in [1.29, 1.82) is 0 Å². The minimum Gasteiger partial charge on any atom is -0.352 e. The van der Waals surface area contributed by atoms with Crippen molar-refractivity contribution >= 4 is 11.8 Å². The standard InChI is InChI=1S/C29H34N2O2/c1-4-27(29(33)30-22(2)3)31(21-23-14-8-5-9-15-23)28(32)20-26(24-16-10-6-11-17-24)25-18-12-7-13-19-25/h5-19,22,26-27H,4,20-21H2,1-3H3,(H,30,33)/t27-/m1/s1. The molecule has 4 nitrogen and oxygen atoms in total. The summed E-state index contributed by atoms with van der Waals surface area (Å²) in [6.07, 6.45) is 0.852. The fraction of sp³-hybridized carbons (Fsp3) is 0.310. The van der Waals surface area contributed by atoms with Crippen molar-refractivity contribution in [2.75, 3.05) is 0 Å². The molecule has 1 atom stereocenters. The van der Waals surface area contributed by atoms with E-state index < -0.39 is 6.04 Å². The SMILES string of the molecule is CC[C@H](C(=O)NC(C)C)N(Cc1ccccc1)C(=O)CC(c1ccccc1)c1ccccc1. The molecule has 0 spiro atoms. The van der Waals surface area contributed by atoms with Crippen LogP contribution in [0.1, 0.15) is 56.2 Å². The molecule has 3 rings (SSSR count). The minimum atomic E-state index is -0.521. The van der Waals surface area contributed by atoms with Crippen molar-refractivity contribution in [2.24, 2.45) is 0 Å². The van der Waals surface area contributed by atoms with Crippen LogP contribution < -0.4 is 5.32 Å². The summed E-state index contributed by atoms with van der Waals surface area (Å²) in [7, 11) is 0. The molecule has 0 saturated carbocycles. The van der Waals surface area contributed by atoms with Gasteiger partial charge in [-0.3, -0.25) is 9.59 Å². The second-order valence-corrected chi connectivity index (χ2v) is 8.67. The van der Waals surface area contributed by atoms with Gasteiger partial charge in [0.2, 0.25) is 11.8 Å². The Labute approximate surface area is 197 Å². The van der Waals surface area contributed by atoms with Gasteiger partial charge >= 0.3 is 0 Å². The predicted molar refractivity (Wildman–Crippen MR) is 134 cm³/mol. The molecule has 0 aliphatic rings. The highest BCUT2D eigenvalue weighted by Gasteiger charge is 2.31. The molecule has 172 valence electrons. The molecule has 3 aromatic carbocycles. The first kappa shape index (κ1) is 24.2. The Bertz CT molecular complexity index is 964. The lowest BCUT2D eigenvalue weighted by Gasteiger charge is -2.32. The van der Waals surface area contributed by atoms with Gasteiger partial charge in [0.05, 0.1) is 0 Å². The second-order valence-electron chi connectivity index (χ2n) is 8.67. The first-order valence-electron chi connectivity index (χ1n) is 11.7. The number of hydrogen-bond acceptors (Lipinski definition) is 2. The summed E-state index contributed by atoms with van der Waals surface area (Å²) in [6, 6.07) is 29.6. The zero-order valence-electron chi connectivity index (χ0n) is 19.8. The molecule has 0 bridgehead atoms. The maximum Gasteiger partial charge on any atom is 0.243 e. The molecule has 0 fully saturated rings. The number of nitrogens with one attached hydrogen (secondary N) is 1. The number of hydrogen-bond donors (Lipinski definition) is 1. The third kappa shape index (κ3) is 6.79. The number of nitrogens with zero attached hydrogens (tertiary/aromatic N) is 1. The lowest BCUT2D eigenvalue weighted by atomic mass is 9.88. The average molecular weight is 443 g/mol. The van der Waals surface area contributed by atoms with E-state index in [1.165, 1.54) is 0 Å². The van der Waals surface area contributed by atoms with E-state index in [4.69, 9.17) is 0 Å². The van der Waals surface area contributed by atoms with Crippen molar-refractivity contribution in [3.05, 3.63) is 108 Å². The molecule has 2 amide bonds. The maximum absolute atomic E-state index is 13.8. The van der Waals surface area contributed by atoms with Gasteiger partial charge in [-0.15, -0.1) is 0 Å². The lowest BCUT2D eigenvalue weighted by molar-refractivity contribution is -0.141. The normalized spacial score (nSPS) is 11.9. The Morgan fingerprint density at radius 3 is 1.73 bits per heavy atom. The molecule has 0 aliphatic heterocycles. The third-order valence-corrected chi connectivity index (χ3v) is 5.80. The summed E-state index contributed by atoms with van der Waals surface area (Å²) >= 11 is 0. The quantitative estimate of drug-likeness (QED) is 0.448. The van der Waals surface area contributed by atoms with Gasteiger partial charge in [0.1, 0.15) is 6.04 Å². The van der Waals surface area contributed by atoms with Gasteiger partial charge in [-0.1, -0.05) is 97.9 Å². The zero-order valence-corrected chi connectivity index (χ0v) is 19.8. The molecule has 0 saturated heterocycles. The van der Waals surface area contributed by atoms with E-state index in [9.17, 15) is 9.59 Å². The molecular formula is C29H34N2O2. The molecule has 4 heteroatoms. The molecule has 0 aliphatic carbocycles. The highest BCUT2D eigenvalue weighted by atomic mass is 16.2. The lowest BCUT2D eigenvalue weighted by Crippen LogP contribution is -2.50. The van der Waals surface area contributed by atoms with Gasteiger partial charge in [-0.2, -0.15) is 0 Å². The van der Waals surface area contributed by atoms with Crippen LogP contribution in [0.3, 0.4) is 0 Å². The van der Waals surface area contributed by atoms with E-state index in [2.05, 4.69) is 29.6 Å². The number of carbonyl (C=O) groups excluding carboxylic acids is 2. The van der Waals surface area contributed by atoms with Crippen LogP contribution in [0, 0.1) is 0 Å². The van der Waals surface area contributed by atoms with Crippen LogP contribution in [0.4, 0.5) is 0 Å². The van der Waals surface area contributed by atoms with Crippen molar-refractivity contribution < 1.29 is 9.59 Å². The van der Waals surface area contributed by atoms with Gasteiger partial charge in [0.15, 0.2) is 0 Å². The van der Waals surface area contributed by atoms with Crippen molar-refractivity contribution in [1.82, 2.24) is 10.2 Å². The van der Waals surface area contributed by atoms with Crippen molar-refractivity contribution in [3.63, 3.8) is 0 Å². The van der Waals surface area contributed by atoms with Crippen molar-refractivity contribution in [2.45, 2.75) is 58.2 Å². The van der Waals surface area contributed by atoms with E-state index in [1.54, 1.807) is 4.90 Å². The maximum atomic E-state index is 13.8. The average Bonchev–Trinajstić information content (AvgIpc) is 2.83. The Balaban J connectivity index is 1.93. The molecule has 0 unspecified atom stereocenters. The third-order valence-electron chi connectivity index (χ3n) is 5.80. The number of benzene rings is 3. The molecule has 0 aromatic heterocycles. The highest BCUT2D eigenvalue weighted by Crippen LogP contribution is 2.29. The minimum absolute atomic E-state index is 0.0154.